The van der Waals surface area contributed by atoms with E-state index in [0.717, 1.165) is 37.4 Å². The van der Waals surface area contributed by atoms with Crippen molar-refractivity contribution in [2.75, 3.05) is 19.8 Å². The summed E-state index contributed by atoms with van der Waals surface area (Å²) in [5.41, 5.74) is 0. The van der Waals surface area contributed by atoms with Gasteiger partial charge in [0.05, 0.1) is 6.61 Å². The molecular weight excluding hydrogens is 250 g/mol. The normalized spacial score (nSPS) is 20.7. The largest absolute Gasteiger partial charge is 0.381 e. The Morgan fingerprint density at radius 3 is 3.12 bits per heavy atom. The fraction of sp³-hybridized carbons (Fsp3) is 0.667. The van der Waals surface area contributed by atoms with E-state index in [-0.39, 0.29) is 10.4 Å². The highest BCUT2D eigenvalue weighted by Gasteiger charge is 2.17. The lowest BCUT2D eigenvalue weighted by molar-refractivity contribution is 0.0536. The predicted molar refractivity (Wildman–Crippen MR) is 60.8 cm³/mol. The summed E-state index contributed by atoms with van der Waals surface area (Å²) in [5.74, 6) is 0.191. The van der Waals surface area contributed by atoms with Gasteiger partial charge in [-0.05, 0) is 30.4 Å². The first-order valence-electron chi connectivity index (χ1n) is 5.10. The highest BCUT2D eigenvalue weighted by atomic mass is 35.5. The molecule has 1 atom stereocenters. The molecule has 5 nitrogen and oxygen atoms in total. The highest BCUT2D eigenvalue weighted by Crippen LogP contribution is 2.15. The van der Waals surface area contributed by atoms with Crippen molar-refractivity contribution in [1.82, 2.24) is 15.5 Å². The zero-order chi connectivity index (χ0) is 11.4. The summed E-state index contributed by atoms with van der Waals surface area (Å²) >= 11 is 6.68. The molecule has 1 aromatic heterocycles. The molecule has 1 fully saturated rings. The Kier molecular flexibility index (Phi) is 4.09. The summed E-state index contributed by atoms with van der Waals surface area (Å²) in [7, 11) is 0. The van der Waals surface area contributed by atoms with E-state index in [1.165, 1.54) is 0 Å². The molecule has 0 saturated carbocycles. The minimum absolute atomic E-state index is 0.213. The second-order valence-electron chi connectivity index (χ2n) is 3.65. The number of amides is 1. The summed E-state index contributed by atoms with van der Waals surface area (Å²) in [6, 6.07) is 0. The molecular formula is C9H12ClN3O2S. The average molecular weight is 262 g/mol. The first kappa shape index (κ1) is 11.8. The van der Waals surface area contributed by atoms with Crippen molar-refractivity contribution < 1.29 is 9.53 Å². The third-order valence-corrected chi connectivity index (χ3v) is 3.42. The highest BCUT2D eigenvalue weighted by molar-refractivity contribution is 7.17. The van der Waals surface area contributed by atoms with E-state index >= 15 is 0 Å². The van der Waals surface area contributed by atoms with Gasteiger partial charge in [0.25, 0.3) is 5.91 Å². The minimum Gasteiger partial charge on any atom is -0.381 e. The van der Waals surface area contributed by atoms with E-state index < -0.39 is 0 Å². The Morgan fingerprint density at radius 2 is 2.50 bits per heavy atom. The predicted octanol–water partition coefficient (Wildman–Crippen LogP) is 1.35. The molecule has 1 aliphatic heterocycles. The van der Waals surface area contributed by atoms with Gasteiger partial charge in [0.15, 0.2) is 0 Å². The molecule has 1 aliphatic rings. The van der Waals surface area contributed by atoms with Gasteiger partial charge in [0, 0.05) is 13.2 Å². The van der Waals surface area contributed by atoms with Crippen LogP contribution in [0.15, 0.2) is 0 Å². The summed E-state index contributed by atoms with van der Waals surface area (Å²) in [6.07, 6.45) is 2.16. The number of nitrogens with one attached hydrogen (secondary N) is 1. The molecule has 88 valence electrons. The Bertz CT molecular complexity index is 365. The van der Waals surface area contributed by atoms with Crippen molar-refractivity contribution in [1.29, 1.82) is 0 Å². The van der Waals surface area contributed by atoms with Crippen LogP contribution in [0.3, 0.4) is 0 Å². The van der Waals surface area contributed by atoms with E-state index in [4.69, 9.17) is 16.3 Å². The summed E-state index contributed by atoms with van der Waals surface area (Å²) in [5, 5.41) is 10.4. The molecule has 1 saturated heterocycles. The lowest BCUT2D eigenvalue weighted by Gasteiger charge is -2.21. The van der Waals surface area contributed by atoms with E-state index in [9.17, 15) is 4.79 Å². The quantitative estimate of drug-likeness (QED) is 0.892. The first-order valence-corrected chi connectivity index (χ1v) is 6.30. The van der Waals surface area contributed by atoms with Crippen molar-refractivity contribution >= 4 is 28.8 Å². The number of aromatic nitrogens is 2. The second-order valence-corrected chi connectivity index (χ2v) is 5.21. The van der Waals surface area contributed by atoms with Crippen molar-refractivity contribution in [2.45, 2.75) is 12.8 Å². The van der Waals surface area contributed by atoms with Gasteiger partial charge >= 0.3 is 0 Å². The van der Waals surface area contributed by atoms with Gasteiger partial charge in [-0.15, -0.1) is 10.2 Å². The second kappa shape index (κ2) is 5.56. The van der Waals surface area contributed by atoms with E-state index in [1.807, 2.05) is 0 Å². The van der Waals surface area contributed by atoms with Crippen molar-refractivity contribution in [2.24, 2.45) is 5.92 Å². The smallest absolute Gasteiger partial charge is 0.282 e. The molecule has 1 amide bonds. The third kappa shape index (κ3) is 3.13. The summed E-state index contributed by atoms with van der Waals surface area (Å²) in [4.78, 5) is 11.6. The van der Waals surface area contributed by atoms with Gasteiger partial charge < -0.3 is 10.1 Å². The Hall–Kier alpha value is -0.720. The zero-order valence-corrected chi connectivity index (χ0v) is 10.2. The molecule has 1 N–H and O–H groups in total. The Morgan fingerprint density at radius 1 is 1.62 bits per heavy atom. The number of ether oxygens (including phenoxy) is 1. The lowest BCUT2D eigenvalue weighted by atomic mass is 10.0. The zero-order valence-electron chi connectivity index (χ0n) is 8.61. The molecule has 0 spiro atoms. The fourth-order valence-electron chi connectivity index (χ4n) is 1.58. The van der Waals surface area contributed by atoms with Crippen LogP contribution in [0.2, 0.25) is 4.47 Å². The van der Waals surface area contributed by atoms with Gasteiger partial charge in [-0.1, -0.05) is 11.3 Å². The summed E-state index contributed by atoms with van der Waals surface area (Å²) < 4.78 is 5.61. The molecule has 2 rings (SSSR count). The monoisotopic (exact) mass is 261 g/mol. The van der Waals surface area contributed by atoms with Crippen LogP contribution in [0.25, 0.3) is 0 Å². The Balaban J connectivity index is 1.79. The third-order valence-electron chi connectivity index (χ3n) is 2.40. The molecule has 0 aromatic carbocycles. The first-order chi connectivity index (χ1) is 7.75. The van der Waals surface area contributed by atoms with Gasteiger partial charge in [-0.2, -0.15) is 0 Å². The average Bonchev–Trinajstić information content (AvgIpc) is 2.74. The topological polar surface area (TPSA) is 64.1 Å². The van der Waals surface area contributed by atoms with Crippen LogP contribution in [0.1, 0.15) is 22.6 Å². The van der Waals surface area contributed by atoms with Crippen molar-refractivity contribution in [3.8, 4) is 0 Å². The fourth-order valence-corrected chi connectivity index (χ4v) is 2.32. The lowest BCUT2D eigenvalue weighted by Crippen LogP contribution is -2.33. The van der Waals surface area contributed by atoms with Gasteiger partial charge in [0.2, 0.25) is 9.47 Å². The molecule has 7 heteroatoms. The van der Waals surface area contributed by atoms with E-state index in [1.54, 1.807) is 0 Å². The minimum atomic E-state index is -0.213. The van der Waals surface area contributed by atoms with Gasteiger partial charge in [-0.25, -0.2) is 0 Å². The maximum absolute atomic E-state index is 11.6. The number of hydrogen-bond donors (Lipinski definition) is 1. The number of carbonyl (C=O) groups is 1. The van der Waals surface area contributed by atoms with Gasteiger partial charge in [0.1, 0.15) is 0 Å². The molecule has 0 bridgehead atoms. The number of nitrogens with zero attached hydrogens (tertiary/aromatic N) is 2. The van der Waals surface area contributed by atoms with E-state index in [0.29, 0.717) is 17.5 Å². The van der Waals surface area contributed by atoms with Crippen LogP contribution in [-0.4, -0.2) is 35.9 Å². The summed E-state index contributed by atoms with van der Waals surface area (Å²) in [6.45, 7) is 2.17. The number of rotatable bonds is 3. The van der Waals surface area contributed by atoms with Crippen LogP contribution in [0, 0.1) is 5.92 Å². The number of hydrogen-bond acceptors (Lipinski definition) is 5. The molecule has 1 unspecified atom stereocenters. The molecule has 1 aromatic rings. The number of halogens is 1. The van der Waals surface area contributed by atoms with Crippen LogP contribution < -0.4 is 5.32 Å². The molecule has 0 radical (unpaired) electrons. The van der Waals surface area contributed by atoms with Gasteiger partial charge in [-0.3, -0.25) is 4.79 Å². The molecule has 2 heterocycles. The van der Waals surface area contributed by atoms with Crippen LogP contribution in [-0.2, 0) is 4.74 Å². The maximum atomic E-state index is 11.6. The van der Waals surface area contributed by atoms with Crippen LogP contribution >= 0.6 is 22.9 Å². The molecule has 16 heavy (non-hydrogen) atoms. The number of carbonyl (C=O) groups excluding carboxylic acids is 1. The van der Waals surface area contributed by atoms with Crippen LogP contribution in [0.5, 0.6) is 0 Å². The SMILES string of the molecule is O=C(NCC1CCCOC1)c1nnc(Cl)s1. The Labute approximate surface area is 102 Å². The van der Waals surface area contributed by atoms with Crippen molar-refractivity contribution in [3.05, 3.63) is 9.47 Å². The van der Waals surface area contributed by atoms with Crippen molar-refractivity contribution in [3.63, 3.8) is 0 Å². The standard InChI is InChI=1S/C9H12ClN3O2S/c10-9-13-12-8(16-9)7(14)11-4-6-2-1-3-15-5-6/h6H,1-5H2,(H,11,14). The van der Waals surface area contributed by atoms with Crippen LogP contribution in [0.4, 0.5) is 0 Å². The molecule has 0 aliphatic carbocycles. The maximum Gasteiger partial charge on any atom is 0.282 e. The van der Waals surface area contributed by atoms with E-state index in [2.05, 4.69) is 15.5 Å².